The molecule has 16 heavy (non-hydrogen) atoms. The predicted molar refractivity (Wildman–Crippen MR) is 62.8 cm³/mol. The van der Waals surface area contributed by atoms with Gasteiger partial charge in [-0.25, -0.2) is 4.52 Å². The topological polar surface area (TPSA) is 56.2 Å². The van der Waals surface area contributed by atoms with Gasteiger partial charge in [-0.3, -0.25) is 0 Å². The number of pyridine rings is 1. The van der Waals surface area contributed by atoms with Gasteiger partial charge < -0.3 is 5.73 Å². The highest BCUT2D eigenvalue weighted by atomic mass is 15.3. The van der Waals surface area contributed by atoms with Crippen LogP contribution in [0, 0.1) is 0 Å². The Morgan fingerprint density at radius 3 is 2.62 bits per heavy atom. The monoisotopic (exact) mass is 210 g/mol. The second-order valence-corrected chi connectivity index (χ2v) is 3.53. The summed E-state index contributed by atoms with van der Waals surface area (Å²) in [6.45, 7) is 0. The molecular weight excluding hydrogens is 200 g/mol. The Hall–Kier alpha value is -2.36. The van der Waals surface area contributed by atoms with E-state index < -0.39 is 0 Å². The van der Waals surface area contributed by atoms with Crippen molar-refractivity contribution in [2.45, 2.75) is 0 Å². The summed E-state index contributed by atoms with van der Waals surface area (Å²) in [5.41, 5.74) is 8.52. The first-order valence-corrected chi connectivity index (χ1v) is 5.01. The zero-order valence-electron chi connectivity index (χ0n) is 8.54. The molecular formula is C12H10N4. The van der Waals surface area contributed by atoms with E-state index in [1.165, 1.54) is 0 Å². The molecule has 0 aliphatic rings. The maximum atomic E-state index is 5.59. The van der Waals surface area contributed by atoms with E-state index in [9.17, 15) is 0 Å². The van der Waals surface area contributed by atoms with Crippen molar-refractivity contribution >= 4 is 11.6 Å². The van der Waals surface area contributed by atoms with Crippen LogP contribution in [0.3, 0.4) is 0 Å². The normalized spacial score (nSPS) is 10.8. The van der Waals surface area contributed by atoms with Crippen LogP contribution in [0.5, 0.6) is 0 Å². The third-order valence-electron chi connectivity index (χ3n) is 2.46. The molecule has 2 N–H and O–H groups in total. The molecule has 0 bridgehead atoms. The van der Waals surface area contributed by atoms with Crippen LogP contribution in [0.15, 0.2) is 48.7 Å². The largest absolute Gasteiger partial charge is 0.366 e. The highest BCUT2D eigenvalue weighted by Gasteiger charge is 2.06. The Kier molecular flexibility index (Phi) is 1.86. The van der Waals surface area contributed by atoms with Gasteiger partial charge in [0.2, 0.25) is 5.95 Å². The molecule has 0 saturated heterocycles. The Balaban J connectivity index is 2.31. The van der Waals surface area contributed by atoms with E-state index >= 15 is 0 Å². The highest BCUT2D eigenvalue weighted by Crippen LogP contribution is 2.22. The second kappa shape index (κ2) is 3.34. The summed E-state index contributed by atoms with van der Waals surface area (Å²) >= 11 is 0. The number of rotatable bonds is 1. The van der Waals surface area contributed by atoms with Gasteiger partial charge in [0.1, 0.15) is 0 Å². The van der Waals surface area contributed by atoms with Crippen molar-refractivity contribution in [3.63, 3.8) is 0 Å². The van der Waals surface area contributed by atoms with Crippen molar-refractivity contribution in [1.82, 2.24) is 14.6 Å². The molecule has 0 aliphatic carbocycles. The number of benzene rings is 1. The lowest BCUT2D eigenvalue weighted by Crippen LogP contribution is -1.89. The molecule has 2 aromatic heterocycles. The first-order valence-electron chi connectivity index (χ1n) is 5.01. The number of aromatic nitrogens is 3. The molecule has 3 rings (SSSR count). The summed E-state index contributed by atoms with van der Waals surface area (Å²) in [7, 11) is 0. The smallest absolute Gasteiger partial charge is 0.240 e. The average Bonchev–Trinajstić information content (AvgIpc) is 2.70. The molecule has 0 unspecified atom stereocenters. The first-order chi connectivity index (χ1) is 7.84. The van der Waals surface area contributed by atoms with Gasteiger partial charge in [0, 0.05) is 11.8 Å². The Labute approximate surface area is 92.4 Å². The lowest BCUT2D eigenvalue weighted by molar-refractivity contribution is 0.969. The quantitative estimate of drug-likeness (QED) is 0.668. The van der Waals surface area contributed by atoms with Gasteiger partial charge in [-0.15, -0.1) is 5.10 Å². The Morgan fingerprint density at radius 2 is 1.81 bits per heavy atom. The highest BCUT2D eigenvalue weighted by molar-refractivity contribution is 5.77. The number of nitrogens with two attached hydrogens (primary N) is 1. The van der Waals surface area contributed by atoms with E-state index in [1.54, 1.807) is 4.52 Å². The summed E-state index contributed by atoms with van der Waals surface area (Å²) in [5, 5.41) is 4.08. The molecule has 0 fully saturated rings. The molecule has 3 aromatic rings. The number of nitrogen functional groups attached to an aromatic ring is 1. The van der Waals surface area contributed by atoms with Gasteiger partial charge in [0.25, 0.3) is 0 Å². The van der Waals surface area contributed by atoms with Crippen molar-refractivity contribution in [2.75, 3.05) is 5.73 Å². The number of fused-ring (bicyclic) bond motifs is 1. The average molecular weight is 210 g/mol. The lowest BCUT2D eigenvalue weighted by Gasteiger charge is -2.01. The molecule has 1 aromatic carbocycles. The SMILES string of the molecule is Nc1nc2c(-c3ccccc3)cccn2n1. The Bertz CT molecular complexity index is 628. The van der Waals surface area contributed by atoms with Crippen LogP contribution in [-0.2, 0) is 0 Å². The third-order valence-corrected chi connectivity index (χ3v) is 2.46. The number of hydrogen-bond acceptors (Lipinski definition) is 3. The van der Waals surface area contributed by atoms with E-state index in [-0.39, 0.29) is 0 Å². The summed E-state index contributed by atoms with van der Waals surface area (Å²) < 4.78 is 1.69. The molecule has 0 aliphatic heterocycles. The molecule has 78 valence electrons. The van der Waals surface area contributed by atoms with E-state index in [4.69, 9.17) is 5.73 Å². The summed E-state index contributed by atoms with van der Waals surface area (Å²) in [6, 6.07) is 14.0. The van der Waals surface area contributed by atoms with Crippen LogP contribution >= 0.6 is 0 Å². The van der Waals surface area contributed by atoms with Crippen molar-refractivity contribution in [2.24, 2.45) is 0 Å². The van der Waals surface area contributed by atoms with E-state index in [1.807, 2.05) is 48.7 Å². The van der Waals surface area contributed by atoms with Crippen LogP contribution in [0.2, 0.25) is 0 Å². The molecule has 4 nitrogen and oxygen atoms in total. The maximum absolute atomic E-state index is 5.59. The van der Waals surface area contributed by atoms with Crippen LogP contribution in [0.25, 0.3) is 16.8 Å². The number of hydrogen-bond donors (Lipinski definition) is 1. The molecule has 2 heterocycles. The van der Waals surface area contributed by atoms with Gasteiger partial charge in [-0.2, -0.15) is 4.98 Å². The minimum atomic E-state index is 0.295. The van der Waals surface area contributed by atoms with Crippen LogP contribution < -0.4 is 5.73 Å². The van der Waals surface area contributed by atoms with Crippen LogP contribution in [0.1, 0.15) is 0 Å². The molecule has 0 atom stereocenters. The number of anilines is 1. The molecule has 0 radical (unpaired) electrons. The van der Waals surface area contributed by atoms with Gasteiger partial charge in [0.05, 0.1) is 0 Å². The molecule has 0 spiro atoms. The molecule has 4 heteroatoms. The summed E-state index contributed by atoms with van der Waals surface area (Å²) in [6.07, 6.45) is 1.84. The first kappa shape index (κ1) is 8.91. The standard InChI is InChI=1S/C12H10N4/c13-12-14-11-10(7-4-8-16(11)15-12)9-5-2-1-3-6-9/h1-8H,(H2,13,15). The van der Waals surface area contributed by atoms with Crippen molar-refractivity contribution < 1.29 is 0 Å². The molecule has 0 amide bonds. The molecule has 0 saturated carbocycles. The van der Waals surface area contributed by atoms with Gasteiger partial charge in [-0.1, -0.05) is 30.3 Å². The fraction of sp³-hybridized carbons (Fsp3) is 0. The number of nitrogens with zero attached hydrogens (tertiary/aromatic N) is 3. The maximum Gasteiger partial charge on any atom is 0.240 e. The van der Waals surface area contributed by atoms with Crippen molar-refractivity contribution in [3.8, 4) is 11.1 Å². The lowest BCUT2D eigenvalue weighted by atomic mass is 10.1. The van der Waals surface area contributed by atoms with E-state index in [0.717, 1.165) is 16.8 Å². The van der Waals surface area contributed by atoms with E-state index in [0.29, 0.717) is 5.95 Å². The zero-order chi connectivity index (χ0) is 11.0. The van der Waals surface area contributed by atoms with Crippen LogP contribution in [0.4, 0.5) is 5.95 Å². The Morgan fingerprint density at radius 1 is 1.00 bits per heavy atom. The summed E-state index contributed by atoms with van der Waals surface area (Å²) in [5.74, 6) is 0.295. The van der Waals surface area contributed by atoms with E-state index in [2.05, 4.69) is 10.1 Å². The fourth-order valence-electron chi connectivity index (χ4n) is 1.77. The van der Waals surface area contributed by atoms with Crippen molar-refractivity contribution in [1.29, 1.82) is 0 Å². The van der Waals surface area contributed by atoms with Gasteiger partial charge >= 0.3 is 0 Å². The third kappa shape index (κ3) is 1.32. The van der Waals surface area contributed by atoms with Gasteiger partial charge in [-0.05, 0) is 17.7 Å². The fourth-order valence-corrected chi connectivity index (χ4v) is 1.77. The zero-order valence-corrected chi connectivity index (χ0v) is 8.54. The van der Waals surface area contributed by atoms with Crippen LogP contribution in [-0.4, -0.2) is 14.6 Å². The predicted octanol–water partition coefficient (Wildman–Crippen LogP) is 1.98. The minimum Gasteiger partial charge on any atom is -0.366 e. The second-order valence-electron chi connectivity index (χ2n) is 3.53. The van der Waals surface area contributed by atoms with Gasteiger partial charge in [0.15, 0.2) is 5.65 Å². The minimum absolute atomic E-state index is 0.295. The van der Waals surface area contributed by atoms with Crippen molar-refractivity contribution in [3.05, 3.63) is 48.7 Å². The summed E-state index contributed by atoms with van der Waals surface area (Å²) in [4.78, 5) is 4.22.